The van der Waals surface area contributed by atoms with Crippen molar-refractivity contribution in [2.24, 2.45) is 5.92 Å². The Bertz CT molecular complexity index is 393. The summed E-state index contributed by atoms with van der Waals surface area (Å²) < 4.78 is 1.88. The summed E-state index contributed by atoms with van der Waals surface area (Å²) in [6.45, 7) is 5.10. The molecule has 0 saturated heterocycles. The smallest absolute Gasteiger partial charge is 0.272 e. The van der Waals surface area contributed by atoms with Gasteiger partial charge in [-0.2, -0.15) is 0 Å². The molecule has 0 radical (unpaired) electrons. The van der Waals surface area contributed by atoms with Crippen molar-refractivity contribution in [3.8, 4) is 0 Å². The van der Waals surface area contributed by atoms with Gasteiger partial charge < -0.3 is 4.57 Å². The van der Waals surface area contributed by atoms with E-state index >= 15 is 0 Å². The van der Waals surface area contributed by atoms with E-state index in [2.05, 4.69) is 18.8 Å². The highest BCUT2D eigenvalue weighted by atomic mass is 16.1. The average Bonchev–Trinajstić information content (AvgIpc) is 2.57. The highest BCUT2D eigenvalue weighted by Gasteiger charge is 2.15. The monoisotopic (exact) mass is 192 g/mol. The lowest BCUT2D eigenvalue weighted by molar-refractivity contribution is 0.612. The molecular formula is C11H16N2O. The van der Waals surface area contributed by atoms with Crippen LogP contribution in [0.4, 0.5) is 0 Å². The molecule has 1 aliphatic heterocycles. The summed E-state index contributed by atoms with van der Waals surface area (Å²) >= 11 is 0. The molecule has 0 atom stereocenters. The molecule has 0 aliphatic carbocycles. The number of fused-ring (bicyclic) bond motifs is 1. The zero-order valence-corrected chi connectivity index (χ0v) is 8.79. The zero-order chi connectivity index (χ0) is 10.1. The topological polar surface area (TPSA) is 34.9 Å². The van der Waals surface area contributed by atoms with E-state index in [0.717, 1.165) is 37.2 Å². The number of nitrogens with zero attached hydrogens (tertiary/aromatic N) is 2. The van der Waals surface area contributed by atoms with E-state index in [9.17, 15) is 4.79 Å². The van der Waals surface area contributed by atoms with E-state index in [-0.39, 0.29) is 5.56 Å². The normalized spacial score (nSPS) is 14.8. The molecule has 0 bridgehead atoms. The Morgan fingerprint density at radius 1 is 1.57 bits per heavy atom. The molecule has 0 amide bonds. The summed E-state index contributed by atoms with van der Waals surface area (Å²) in [6, 6.07) is 0. The van der Waals surface area contributed by atoms with Gasteiger partial charge >= 0.3 is 0 Å². The number of aromatic nitrogens is 2. The third-order valence-electron chi connectivity index (χ3n) is 2.62. The first-order chi connectivity index (χ1) is 6.68. The fourth-order valence-electron chi connectivity index (χ4n) is 1.95. The molecule has 0 fully saturated rings. The highest BCUT2D eigenvalue weighted by Crippen LogP contribution is 2.11. The molecule has 1 aliphatic rings. The lowest BCUT2D eigenvalue weighted by Gasteiger charge is -2.07. The fraction of sp³-hybridized carbons (Fsp3) is 0.636. The summed E-state index contributed by atoms with van der Waals surface area (Å²) in [6.07, 6.45) is 4.75. The maximum atomic E-state index is 11.9. The van der Waals surface area contributed by atoms with Crippen molar-refractivity contribution in [3.05, 3.63) is 27.9 Å². The second-order valence-electron chi connectivity index (χ2n) is 4.35. The van der Waals surface area contributed by atoms with Crippen LogP contribution in [0.5, 0.6) is 0 Å². The predicted octanol–water partition coefficient (Wildman–Crippen LogP) is 1.39. The van der Waals surface area contributed by atoms with Crippen LogP contribution in [0, 0.1) is 5.92 Å². The van der Waals surface area contributed by atoms with Gasteiger partial charge in [-0.25, -0.2) is 0 Å². The van der Waals surface area contributed by atoms with Crippen LogP contribution in [0.3, 0.4) is 0 Å². The first kappa shape index (κ1) is 9.44. The Hall–Kier alpha value is -1.12. The Kier molecular flexibility index (Phi) is 2.40. The largest absolute Gasteiger partial charge is 0.310 e. The van der Waals surface area contributed by atoms with E-state index in [1.165, 1.54) is 0 Å². The zero-order valence-electron chi connectivity index (χ0n) is 8.79. The van der Waals surface area contributed by atoms with E-state index in [1.807, 2.05) is 10.8 Å². The summed E-state index contributed by atoms with van der Waals surface area (Å²) in [5.41, 5.74) is 1.96. The van der Waals surface area contributed by atoms with Crippen LogP contribution in [-0.4, -0.2) is 9.55 Å². The van der Waals surface area contributed by atoms with Crippen molar-refractivity contribution >= 4 is 0 Å². The minimum Gasteiger partial charge on any atom is -0.310 e. The first-order valence-electron chi connectivity index (χ1n) is 5.26. The van der Waals surface area contributed by atoms with Gasteiger partial charge in [0.15, 0.2) is 0 Å². The van der Waals surface area contributed by atoms with E-state index in [1.54, 1.807) is 0 Å². The molecule has 0 saturated carbocycles. The van der Waals surface area contributed by atoms with Crippen molar-refractivity contribution in [1.29, 1.82) is 0 Å². The number of hydrogen-bond donors (Lipinski definition) is 0. The quantitative estimate of drug-likeness (QED) is 0.709. The molecule has 1 aromatic rings. The van der Waals surface area contributed by atoms with Crippen LogP contribution in [0.2, 0.25) is 0 Å². The molecule has 2 rings (SSSR count). The molecule has 0 unspecified atom stereocenters. The van der Waals surface area contributed by atoms with Crippen LogP contribution in [-0.2, 0) is 19.4 Å². The fourth-order valence-corrected chi connectivity index (χ4v) is 1.95. The SMILES string of the molecule is CC(C)Cc1ncc2n(c1=O)CCC2. The van der Waals surface area contributed by atoms with Gasteiger partial charge in [0.25, 0.3) is 5.56 Å². The average molecular weight is 192 g/mol. The van der Waals surface area contributed by atoms with E-state index < -0.39 is 0 Å². The lowest BCUT2D eigenvalue weighted by Crippen LogP contribution is -2.25. The summed E-state index contributed by atoms with van der Waals surface area (Å²) in [5, 5.41) is 0. The predicted molar refractivity (Wildman–Crippen MR) is 55.4 cm³/mol. The maximum absolute atomic E-state index is 11.9. The van der Waals surface area contributed by atoms with Crippen molar-refractivity contribution < 1.29 is 0 Å². The molecule has 76 valence electrons. The van der Waals surface area contributed by atoms with Crippen LogP contribution < -0.4 is 5.56 Å². The number of aryl methyl sites for hydroxylation is 1. The summed E-state index contributed by atoms with van der Waals surface area (Å²) in [5.74, 6) is 0.496. The maximum Gasteiger partial charge on any atom is 0.272 e. The van der Waals surface area contributed by atoms with Gasteiger partial charge in [0.05, 0.1) is 0 Å². The molecule has 0 N–H and O–H groups in total. The van der Waals surface area contributed by atoms with Crippen LogP contribution in [0.25, 0.3) is 0 Å². The van der Waals surface area contributed by atoms with Gasteiger partial charge in [-0.3, -0.25) is 9.78 Å². The van der Waals surface area contributed by atoms with Crippen LogP contribution in [0.15, 0.2) is 11.0 Å². The van der Waals surface area contributed by atoms with Gasteiger partial charge in [-0.1, -0.05) is 13.8 Å². The Balaban J connectivity index is 2.40. The van der Waals surface area contributed by atoms with Crippen LogP contribution in [0.1, 0.15) is 31.7 Å². The Morgan fingerprint density at radius 3 is 3.07 bits per heavy atom. The molecule has 14 heavy (non-hydrogen) atoms. The van der Waals surface area contributed by atoms with Crippen molar-refractivity contribution in [2.75, 3.05) is 0 Å². The summed E-state index contributed by atoms with van der Waals surface area (Å²) in [7, 11) is 0. The van der Waals surface area contributed by atoms with Gasteiger partial charge in [0.2, 0.25) is 0 Å². The molecule has 1 aromatic heterocycles. The van der Waals surface area contributed by atoms with Crippen molar-refractivity contribution in [2.45, 2.75) is 39.7 Å². The van der Waals surface area contributed by atoms with Crippen molar-refractivity contribution in [3.63, 3.8) is 0 Å². The standard InChI is InChI=1S/C11H16N2O/c1-8(2)6-10-11(14)13-5-3-4-9(13)7-12-10/h7-8H,3-6H2,1-2H3. The molecule has 0 spiro atoms. The van der Waals surface area contributed by atoms with Crippen molar-refractivity contribution in [1.82, 2.24) is 9.55 Å². The first-order valence-corrected chi connectivity index (χ1v) is 5.26. The number of hydrogen-bond acceptors (Lipinski definition) is 2. The van der Waals surface area contributed by atoms with E-state index in [0.29, 0.717) is 5.92 Å². The van der Waals surface area contributed by atoms with E-state index in [4.69, 9.17) is 0 Å². The highest BCUT2D eigenvalue weighted by molar-refractivity contribution is 5.09. The Morgan fingerprint density at radius 2 is 2.36 bits per heavy atom. The minimum atomic E-state index is 0.133. The summed E-state index contributed by atoms with van der Waals surface area (Å²) in [4.78, 5) is 16.2. The van der Waals surface area contributed by atoms with Gasteiger partial charge in [-0.05, 0) is 25.2 Å². The molecule has 2 heterocycles. The van der Waals surface area contributed by atoms with Gasteiger partial charge in [0.1, 0.15) is 5.69 Å². The molecule has 3 heteroatoms. The minimum absolute atomic E-state index is 0.133. The van der Waals surface area contributed by atoms with Gasteiger partial charge in [0, 0.05) is 18.4 Å². The third-order valence-corrected chi connectivity index (χ3v) is 2.62. The second kappa shape index (κ2) is 3.56. The molecule has 3 nitrogen and oxygen atoms in total. The van der Waals surface area contributed by atoms with Crippen LogP contribution >= 0.6 is 0 Å². The third kappa shape index (κ3) is 1.59. The number of rotatable bonds is 2. The second-order valence-corrected chi connectivity index (χ2v) is 4.35. The van der Waals surface area contributed by atoms with Gasteiger partial charge in [-0.15, -0.1) is 0 Å². The molecule has 0 aromatic carbocycles. The molecular weight excluding hydrogens is 176 g/mol. The lowest BCUT2D eigenvalue weighted by atomic mass is 10.1. The Labute approximate surface area is 83.8 Å².